The number of aromatic nitrogens is 1. The molecule has 1 atom stereocenters. The molecule has 4 rings (SSSR count). The van der Waals surface area contributed by atoms with Crippen LogP contribution in [0.25, 0.3) is 10.2 Å². The van der Waals surface area contributed by atoms with Crippen molar-refractivity contribution in [2.24, 2.45) is 5.92 Å². The Hall–Kier alpha value is -2.38. The Bertz CT molecular complexity index is 1020. The molecule has 162 valence electrons. The number of para-hydroxylation sites is 1. The molecular formula is C24H27N3O2S2. The van der Waals surface area contributed by atoms with Gasteiger partial charge < -0.3 is 10.2 Å². The van der Waals surface area contributed by atoms with Crippen molar-refractivity contribution in [2.75, 3.05) is 19.6 Å². The standard InChI is InChI=1S/C24H27N3O2S2/c1-17-5-4-14-27(15-17)22(28)12-13-25-23(29)19-10-8-18(9-11-19)16-30-24-26-20-6-2-3-7-21(20)31-24/h2-3,6-11,17H,4-5,12-16H2,1H3,(H,25,29). The number of amides is 2. The predicted octanol–water partition coefficient (Wildman–Crippen LogP) is 4.97. The third-order valence-electron chi connectivity index (χ3n) is 5.49. The first-order valence-electron chi connectivity index (χ1n) is 10.7. The van der Waals surface area contributed by atoms with Gasteiger partial charge in [0.15, 0.2) is 4.34 Å². The Balaban J connectivity index is 1.22. The van der Waals surface area contributed by atoms with E-state index >= 15 is 0 Å². The number of benzene rings is 2. The number of rotatable bonds is 7. The van der Waals surface area contributed by atoms with Gasteiger partial charge in [0, 0.05) is 37.4 Å². The van der Waals surface area contributed by atoms with E-state index in [0.29, 0.717) is 24.4 Å². The molecule has 5 nitrogen and oxygen atoms in total. The number of hydrogen-bond acceptors (Lipinski definition) is 5. The lowest BCUT2D eigenvalue weighted by atomic mass is 10.00. The topological polar surface area (TPSA) is 62.3 Å². The minimum Gasteiger partial charge on any atom is -0.352 e. The highest BCUT2D eigenvalue weighted by Gasteiger charge is 2.20. The van der Waals surface area contributed by atoms with Gasteiger partial charge >= 0.3 is 0 Å². The minimum absolute atomic E-state index is 0.133. The normalized spacial score (nSPS) is 16.4. The summed E-state index contributed by atoms with van der Waals surface area (Å²) in [7, 11) is 0. The van der Waals surface area contributed by atoms with Crippen molar-refractivity contribution < 1.29 is 9.59 Å². The van der Waals surface area contributed by atoms with Crippen LogP contribution >= 0.6 is 23.1 Å². The molecule has 2 aromatic carbocycles. The number of carbonyl (C=O) groups is 2. The summed E-state index contributed by atoms with van der Waals surface area (Å²) < 4.78 is 2.25. The van der Waals surface area contributed by atoms with E-state index in [2.05, 4.69) is 23.3 Å². The maximum atomic E-state index is 12.4. The number of fused-ring (bicyclic) bond motifs is 1. The fraction of sp³-hybridized carbons (Fsp3) is 0.375. The van der Waals surface area contributed by atoms with Crippen molar-refractivity contribution in [3.05, 3.63) is 59.7 Å². The van der Waals surface area contributed by atoms with Crippen LogP contribution in [0.15, 0.2) is 52.9 Å². The summed E-state index contributed by atoms with van der Waals surface area (Å²) in [6, 6.07) is 15.8. The van der Waals surface area contributed by atoms with Gasteiger partial charge in [0.25, 0.3) is 5.91 Å². The smallest absolute Gasteiger partial charge is 0.251 e. The number of nitrogens with one attached hydrogen (secondary N) is 1. The van der Waals surface area contributed by atoms with Gasteiger partial charge in [-0.1, -0.05) is 43.0 Å². The van der Waals surface area contributed by atoms with Gasteiger partial charge in [0.05, 0.1) is 10.2 Å². The number of likely N-dealkylation sites (tertiary alicyclic amines) is 1. The molecule has 2 amide bonds. The van der Waals surface area contributed by atoms with Gasteiger partial charge in [-0.15, -0.1) is 11.3 Å². The van der Waals surface area contributed by atoms with Gasteiger partial charge in [-0.05, 0) is 48.6 Å². The molecule has 7 heteroatoms. The lowest BCUT2D eigenvalue weighted by molar-refractivity contribution is -0.132. The van der Waals surface area contributed by atoms with E-state index in [0.717, 1.165) is 40.7 Å². The SMILES string of the molecule is CC1CCCN(C(=O)CCNC(=O)c2ccc(CSc3nc4ccccc4s3)cc2)C1. The Morgan fingerprint density at radius 2 is 2.00 bits per heavy atom. The van der Waals surface area contributed by atoms with Gasteiger partial charge in [-0.3, -0.25) is 9.59 Å². The number of nitrogens with zero attached hydrogens (tertiary/aromatic N) is 2. The van der Waals surface area contributed by atoms with Crippen LogP contribution in [0.1, 0.15) is 42.1 Å². The fourth-order valence-electron chi connectivity index (χ4n) is 3.77. The maximum absolute atomic E-state index is 12.4. The summed E-state index contributed by atoms with van der Waals surface area (Å²) in [6.07, 6.45) is 2.62. The Labute approximate surface area is 191 Å². The van der Waals surface area contributed by atoms with Gasteiger partial charge in [0.1, 0.15) is 0 Å². The van der Waals surface area contributed by atoms with Crippen LogP contribution in [0.2, 0.25) is 0 Å². The molecule has 0 saturated carbocycles. The van der Waals surface area contributed by atoms with Crippen LogP contribution in [0.4, 0.5) is 0 Å². The van der Waals surface area contributed by atoms with Crippen molar-refractivity contribution in [2.45, 2.75) is 36.3 Å². The number of piperidine rings is 1. The molecule has 1 fully saturated rings. The second-order valence-corrected chi connectivity index (χ2v) is 10.3. The largest absolute Gasteiger partial charge is 0.352 e. The highest BCUT2D eigenvalue weighted by Crippen LogP contribution is 2.31. The summed E-state index contributed by atoms with van der Waals surface area (Å²) in [5.41, 5.74) is 2.80. The molecule has 1 N–H and O–H groups in total. The molecule has 31 heavy (non-hydrogen) atoms. The Morgan fingerprint density at radius 1 is 1.19 bits per heavy atom. The van der Waals surface area contributed by atoms with Crippen molar-refractivity contribution >= 4 is 45.1 Å². The maximum Gasteiger partial charge on any atom is 0.251 e. The zero-order valence-electron chi connectivity index (χ0n) is 17.7. The summed E-state index contributed by atoms with van der Waals surface area (Å²) in [5.74, 6) is 1.38. The van der Waals surface area contributed by atoms with E-state index in [1.54, 1.807) is 23.1 Å². The average Bonchev–Trinajstić information content (AvgIpc) is 3.21. The van der Waals surface area contributed by atoms with Crippen LogP contribution in [0.5, 0.6) is 0 Å². The number of hydrogen-bond donors (Lipinski definition) is 1. The van der Waals surface area contributed by atoms with E-state index in [4.69, 9.17) is 0 Å². The zero-order valence-corrected chi connectivity index (χ0v) is 19.3. The average molecular weight is 454 g/mol. The van der Waals surface area contributed by atoms with Crippen LogP contribution in [0.3, 0.4) is 0 Å². The Kier molecular flexibility index (Phi) is 7.25. The van der Waals surface area contributed by atoms with Crippen molar-refractivity contribution in [1.29, 1.82) is 0 Å². The molecule has 0 spiro atoms. The number of carbonyl (C=O) groups excluding carboxylic acids is 2. The Morgan fingerprint density at radius 3 is 2.77 bits per heavy atom. The van der Waals surface area contributed by atoms with E-state index in [1.165, 1.54) is 11.1 Å². The molecule has 1 unspecified atom stereocenters. The fourth-order valence-corrected chi connectivity index (χ4v) is 5.79. The molecule has 1 saturated heterocycles. The first-order valence-corrected chi connectivity index (χ1v) is 12.5. The lowest BCUT2D eigenvalue weighted by Crippen LogP contribution is -2.40. The molecule has 1 aromatic heterocycles. The first-order chi connectivity index (χ1) is 15.1. The first kappa shape index (κ1) is 21.8. The highest BCUT2D eigenvalue weighted by atomic mass is 32.2. The van der Waals surface area contributed by atoms with Crippen molar-refractivity contribution in [3.63, 3.8) is 0 Å². The van der Waals surface area contributed by atoms with Crippen LogP contribution in [0, 0.1) is 5.92 Å². The quantitative estimate of drug-likeness (QED) is 0.513. The highest BCUT2D eigenvalue weighted by molar-refractivity contribution is 8.00. The van der Waals surface area contributed by atoms with Crippen LogP contribution < -0.4 is 5.32 Å². The van der Waals surface area contributed by atoms with E-state index in [9.17, 15) is 9.59 Å². The molecule has 1 aliphatic heterocycles. The summed E-state index contributed by atoms with van der Waals surface area (Å²) in [5, 5.41) is 2.87. The summed E-state index contributed by atoms with van der Waals surface area (Å²) in [4.78, 5) is 31.3. The third kappa shape index (κ3) is 5.86. The van der Waals surface area contributed by atoms with E-state index < -0.39 is 0 Å². The summed E-state index contributed by atoms with van der Waals surface area (Å²) >= 11 is 3.41. The van der Waals surface area contributed by atoms with Crippen molar-refractivity contribution in [1.82, 2.24) is 15.2 Å². The minimum atomic E-state index is -0.134. The summed E-state index contributed by atoms with van der Waals surface area (Å²) in [6.45, 7) is 4.23. The number of thiazole rings is 1. The zero-order chi connectivity index (χ0) is 21.6. The molecule has 2 heterocycles. The number of thioether (sulfide) groups is 1. The van der Waals surface area contributed by atoms with Crippen LogP contribution in [-0.2, 0) is 10.5 Å². The lowest BCUT2D eigenvalue weighted by Gasteiger charge is -2.31. The third-order valence-corrected chi connectivity index (χ3v) is 7.74. The van der Waals surface area contributed by atoms with Gasteiger partial charge in [-0.2, -0.15) is 0 Å². The molecule has 3 aromatic rings. The van der Waals surface area contributed by atoms with E-state index in [1.807, 2.05) is 47.4 Å². The van der Waals surface area contributed by atoms with Gasteiger partial charge in [-0.25, -0.2) is 4.98 Å². The molecular weight excluding hydrogens is 426 g/mol. The van der Waals surface area contributed by atoms with Gasteiger partial charge in [0.2, 0.25) is 5.91 Å². The monoisotopic (exact) mass is 453 g/mol. The van der Waals surface area contributed by atoms with Crippen molar-refractivity contribution in [3.8, 4) is 0 Å². The molecule has 0 bridgehead atoms. The molecule has 0 aliphatic carbocycles. The second kappa shape index (κ2) is 10.3. The van der Waals surface area contributed by atoms with E-state index in [-0.39, 0.29) is 11.8 Å². The molecule has 0 radical (unpaired) electrons. The molecule has 1 aliphatic rings. The predicted molar refractivity (Wildman–Crippen MR) is 128 cm³/mol. The second-order valence-electron chi connectivity index (χ2n) is 8.03. The van der Waals surface area contributed by atoms with Crippen LogP contribution in [-0.4, -0.2) is 41.3 Å².